The van der Waals surface area contributed by atoms with Gasteiger partial charge in [-0.1, -0.05) is 32.1 Å². The quantitative estimate of drug-likeness (QED) is 0.817. The number of piperidine rings is 1. The molecule has 0 unspecified atom stereocenters. The predicted octanol–water partition coefficient (Wildman–Crippen LogP) is 4.77. The number of hydrogen-bond donors (Lipinski definition) is 2. The van der Waals surface area contributed by atoms with E-state index in [2.05, 4.69) is 27.7 Å². The van der Waals surface area contributed by atoms with Crippen LogP contribution in [0.1, 0.15) is 57.8 Å². The van der Waals surface area contributed by atoms with Crippen LogP contribution in [0.4, 0.5) is 16.2 Å². The lowest BCUT2D eigenvalue weighted by molar-refractivity contribution is 0.250. The molecule has 2 N–H and O–H groups in total. The minimum atomic E-state index is -0.0865. The average molecular weight is 329 g/mol. The normalized spacial score (nSPS) is 19.1. The monoisotopic (exact) mass is 329 g/mol. The van der Waals surface area contributed by atoms with Crippen LogP contribution in [0.25, 0.3) is 0 Å². The van der Waals surface area contributed by atoms with Crippen molar-refractivity contribution in [1.29, 1.82) is 0 Å². The molecule has 4 nitrogen and oxygen atoms in total. The van der Waals surface area contributed by atoms with Crippen LogP contribution in [0.2, 0.25) is 0 Å². The van der Waals surface area contributed by atoms with Crippen molar-refractivity contribution < 1.29 is 4.79 Å². The van der Waals surface area contributed by atoms with Gasteiger partial charge in [-0.25, -0.2) is 4.79 Å². The lowest BCUT2D eigenvalue weighted by Gasteiger charge is -2.28. The van der Waals surface area contributed by atoms with Crippen LogP contribution in [-0.2, 0) is 0 Å². The number of urea groups is 1. The third kappa shape index (κ3) is 5.15. The molecule has 0 aromatic heterocycles. The minimum absolute atomic E-state index is 0.0865. The molecule has 3 rings (SSSR count). The van der Waals surface area contributed by atoms with Gasteiger partial charge in [0.2, 0.25) is 0 Å². The van der Waals surface area contributed by atoms with E-state index in [0.717, 1.165) is 37.7 Å². The second kappa shape index (κ2) is 8.95. The number of nitrogens with one attached hydrogen (secondary N) is 2. The highest BCUT2D eigenvalue weighted by atomic mass is 16.2. The maximum absolute atomic E-state index is 12.0. The van der Waals surface area contributed by atoms with E-state index in [1.807, 2.05) is 12.1 Å². The van der Waals surface area contributed by atoms with Crippen molar-refractivity contribution in [2.45, 2.75) is 57.8 Å². The molecule has 24 heavy (non-hydrogen) atoms. The van der Waals surface area contributed by atoms with Crippen LogP contribution < -0.4 is 15.5 Å². The maximum Gasteiger partial charge on any atom is 0.319 e. The predicted molar refractivity (Wildman–Crippen MR) is 101 cm³/mol. The Morgan fingerprint density at radius 3 is 2.33 bits per heavy atom. The van der Waals surface area contributed by atoms with E-state index in [4.69, 9.17) is 0 Å². The molecule has 1 heterocycles. The van der Waals surface area contributed by atoms with Crippen molar-refractivity contribution in [2.24, 2.45) is 5.92 Å². The van der Waals surface area contributed by atoms with Gasteiger partial charge in [-0.3, -0.25) is 0 Å². The number of hydrogen-bond acceptors (Lipinski definition) is 2. The van der Waals surface area contributed by atoms with Crippen molar-refractivity contribution in [1.82, 2.24) is 5.32 Å². The second-order valence-corrected chi connectivity index (χ2v) is 7.27. The third-order valence-electron chi connectivity index (χ3n) is 5.41. The van der Waals surface area contributed by atoms with Gasteiger partial charge >= 0.3 is 6.03 Å². The van der Waals surface area contributed by atoms with Gasteiger partial charge in [0.1, 0.15) is 0 Å². The van der Waals surface area contributed by atoms with Crippen LogP contribution in [-0.4, -0.2) is 25.7 Å². The summed E-state index contributed by atoms with van der Waals surface area (Å²) in [4.78, 5) is 14.4. The fraction of sp³-hybridized carbons (Fsp3) is 0.650. The summed E-state index contributed by atoms with van der Waals surface area (Å²) in [6, 6.07) is 8.15. The van der Waals surface area contributed by atoms with E-state index in [1.165, 1.54) is 57.1 Å². The fourth-order valence-electron chi connectivity index (χ4n) is 3.95. The molecular formula is C20H31N3O. The molecule has 0 atom stereocenters. The highest BCUT2D eigenvalue weighted by Crippen LogP contribution is 2.25. The first-order valence-electron chi connectivity index (χ1n) is 9.71. The summed E-state index contributed by atoms with van der Waals surface area (Å²) >= 11 is 0. The van der Waals surface area contributed by atoms with Gasteiger partial charge in [0.25, 0.3) is 0 Å². The number of carbonyl (C=O) groups excluding carboxylic acids is 1. The molecular weight excluding hydrogens is 298 g/mol. The molecule has 0 spiro atoms. The van der Waals surface area contributed by atoms with Crippen LogP contribution >= 0.6 is 0 Å². The summed E-state index contributed by atoms with van der Waals surface area (Å²) in [6.07, 6.45) is 11.8. The molecule has 2 fully saturated rings. The zero-order chi connectivity index (χ0) is 16.6. The molecule has 2 aliphatic rings. The number of amides is 2. The van der Waals surface area contributed by atoms with Gasteiger partial charge in [0, 0.05) is 31.0 Å². The number of carbonyl (C=O) groups is 1. The molecule has 132 valence electrons. The Morgan fingerprint density at radius 2 is 1.62 bits per heavy atom. The number of nitrogens with zero attached hydrogens (tertiary/aromatic N) is 1. The Labute approximate surface area is 146 Å². The lowest BCUT2D eigenvalue weighted by atomic mass is 9.87. The van der Waals surface area contributed by atoms with Crippen LogP contribution in [0.15, 0.2) is 24.3 Å². The first-order valence-corrected chi connectivity index (χ1v) is 9.71. The van der Waals surface area contributed by atoms with E-state index >= 15 is 0 Å². The van der Waals surface area contributed by atoms with E-state index in [0.29, 0.717) is 0 Å². The first kappa shape index (κ1) is 17.1. The van der Waals surface area contributed by atoms with Crippen molar-refractivity contribution in [3.8, 4) is 0 Å². The Morgan fingerprint density at radius 1 is 0.958 bits per heavy atom. The van der Waals surface area contributed by atoms with Crippen molar-refractivity contribution in [2.75, 3.05) is 29.9 Å². The van der Waals surface area contributed by atoms with Crippen LogP contribution in [0.5, 0.6) is 0 Å². The van der Waals surface area contributed by atoms with Gasteiger partial charge in [0.15, 0.2) is 0 Å². The second-order valence-electron chi connectivity index (χ2n) is 7.27. The van der Waals surface area contributed by atoms with Crippen molar-refractivity contribution in [3.05, 3.63) is 24.3 Å². The van der Waals surface area contributed by atoms with Crippen LogP contribution in [0, 0.1) is 5.92 Å². The van der Waals surface area contributed by atoms with Crippen molar-refractivity contribution >= 4 is 17.4 Å². The standard InChI is InChI=1S/C20H31N3O/c24-20(21-14-13-17-7-3-1-4-8-17)22-18-9-11-19(12-10-18)23-15-5-2-6-16-23/h9-12,17H,1-8,13-16H2,(H2,21,22,24). The fourth-order valence-corrected chi connectivity index (χ4v) is 3.95. The first-order chi connectivity index (χ1) is 11.8. The Kier molecular flexibility index (Phi) is 6.39. The topological polar surface area (TPSA) is 44.4 Å². The molecule has 1 aliphatic heterocycles. The number of rotatable bonds is 5. The largest absolute Gasteiger partial charge is 0.372 e. The summed E-state index contributed by atoms with van der Waals surface area (Å²) in [5.74, 6) is 0.808. The summed E-state index contributed by atoms with van der Waals surface area (Å²) < 4.78 is 0. The third-order valence-corrected chi connectivity index (χ3v) is 5.41. The molecule has 1 saturated heterocycles. The summed E-state index contributed by atoms with van der Waals surface area (Å²) in [5.41, 5.74) is 2.13. The number of benzene rings is 1. The molecule has 4 heteroatoms. The summed E-state index contributed by atoms with van der Waals surface area (Å²) in [5, 5.41) is 5.94. The highest BCUT2D eigenvalue weighted by molar-refractivity contribution is 5.89. The Bertz CT molecular complexity index is 502. The lowest BCUT2D eigenvalue weighted by Crippen LogP contribution is -2.31. The van der Waals surface area contributed by atoms with Gasteiger partial charge in [-0.15, -0.1) is 0 Å². The number of anilines is 2. The minimum Gasteiger partial charge on any atom is -0.372 e. The van der Waals surface area contributed by atoms with E-state index in [9.17, 15) is 4.79 Å². The van der Waals surface area contributed by atoms with E-state index < -0.39 is 0 Å². The maximum atomic E-state index is 12.0. The molecule has 0 radical (unpaired) electrons. The highest BCUT2D eigenvalue weighted by Gasteiger charge is 2.13. The molecule has 1 aromatic rings. The van der Waals surface area contributed by atoms with Gasteiger partial charge < -0.3 is 15.5 Å². The van der Waals surface area contributed by atoms with E-state index in [-0.39, 0.29) is 6.03 Å². The summed E-state index contributed by atoms with van der Waals surface area (Å²) in [7, 11) is 0. The zero-order valence-electron chi connectivity index (χ0n) is 14.7. The molecule has 1 saturated carbocycles. The van der Waals surface area contributed by atoms with Crippen LogP contribution in [0.3, 0.4) is 0 Å². The SMILES string of the molecule is O=C(NCCC1CCCCC1)Nc1ccc(N2CCCCC2)cc1. The Hall–Kier alpha value is -1.71. The Balaban J connectivity index is 1.39. The molecule has 1 aliphatic carbocycles. The van der Waals surface area contributed by atoms with Gasteiger partial charge in [-0.2, -0.15) is 0 Å². The average Bonchev–Trinajstić information content (AvgIpc) is 2.64. The van der Waals surface area contributed by atoms with Gasteiger partial charge in [0.05, 0.1) is 0 Å². The molecule has 1 aromatic carbocycles. The molecule has 0 bridgehead atoms. The van der Waals surface area contributed by atoms with Crippen molar-refractivity contribution in [3.63, 3.8) is 0 Å². The zero-order valence-corrected chi connectivity index (χ0v) is 14.7. The van der Waals surface area contributed by atoms with Gasteiger partial charge in [-0.05, 0) is 55.9 Å². The van der Waals surface area contributed by atoms with E-state index in [1.54, 1.807) is 0 Å². The summed E-state index contributed by atoms with van der Waals surface area (Å²) in [6.45, 7) is 3.07. The smallest absolute Gasteiger partial charge is 0.319 e. The molecule has 2 amide bonds.